The number of halogens is 7. The first kappa shape index (κ1) is 33.7. The minimum Gasteiger partial charge on any atom is -0.478 e. The number of thioether (sulfide) groups is 1. The van der Waals surface area contributed by atoms with Crippen LogP contribution in [0.1, 0.15) is 21.7 Å². The average Bonchev–Trinajstić information content (AvgIpc) is 3.36. The molecule has 0 atom stereocenters. The van der Waals surface area contributed by atoms with Crippen molar-refractivity contribution >= 4 is 34.7 Å². The van der Waals surface area contributed by atoms with Crippen LogP contribution < -0.4 is 0 Å². The number of alkyl halides is 3. The van der Waals surface area contributed by atoms with E-state index in [0.29, 0.717) is 30.4 Å². The zero-order chi connectivity index (χ0) is 33.4. The molecule has 9 nitrogen and oxygen atoms in total. The molecule has 3 aromatic carbocycles. The second-order valence-corrected chi connectivity index (χ2v) is 10.9. The van der Waals surface area contributed by atoms with E-state index in [2.05, 4.69) is 9.97 Å². The molecule has 0 radical (unpaired) electrons. The fourth-order valence-corrected chi connectivity index (χ4v) is 5.51. The van der Waals surface area contributed by atoms with Crippen LogP contribution in [0.3, 0.4) is 0 Å². The maximum atomic E-state index is 15.3. The summed E-state index contributed by atoms with van der Waals surface area (Å²) < 4.78 is 92.8. The monoisotopic (exact) mass is 661 g/mol. The summed E-state index contributed by atoms with van der Waals surface area (Å²) in [4.78, 5) is 28.9. The van der Waals surface area contributed by atoms with Gasteiger partial charge in [-0.2, -0.15) is 24.9 Å². The number of carbonyl (C=O) groups is 2. The van der Waals surface area contributed by atoms with Crippen LogP contribution in [0.2, 0.25) is 0 Å². The number of carboxylic acid groups (broad SMARTS) is 2. The summed E-state index contributed by atoms with van der Waals surface area (Å²) in [6.45, 7) is 2.37. The molecule has 5 rings (SSSR count). The zero-order valence-corrected chi connectivity index (χ0v) is 23.7. The van der Waals surface area contributed by atoms with E-state index < -0.39 is 69.5 Å². The Balaban J connectivity index is 0.000000591. The zero-order valence-electron chi connectivity index (χ0n) is 22.8. The van der Waals surface area contributed by atoms with Gasteiger partial charge in [0.15, 0.2) is 23.3 Å². The summed E-state index contributed by atoms with van der Waals surface area (Å²) in [5.41, 5.74) is -2.89. The molecule has 0 saturated carbocycles. The number of aromatic amines is 1. The number of aromatic nitrogens is 2. The summed E-state index contributed by atoms with van der Waals surface area (Å²) in [6, 6.07) is 6.77. The number of carboxylic acids is 2. The highest BCUT2D eigenvalue weighted by molar-refractivity contribution is 7.99. The van der Waals surface area contributed by atoms with Gasteiger partial charge in [-0.1, -0.05) is 24.3 Å². The fraction of sp³-hybridized carbons (Fsp3) is 0.250. The number of fused-ring (bicyclic) bond motifs is 1. The number of nitrogens with zero attached hydrogens (tertiary/aromatic N) is 2. The number of aliphatic hydroxyl groups is 2. The molecule has 4 aromatic rings. The van der Waals surface area contributed by atoms with Crippen molar-refractivity contribution in [3.05, 3.63) is 76.6 Å². The first-order chi connectivity index (χ1) is 20.9. The van der Waals surface area contributed by atoms with E-state index in [1.807, 2.05) is 0 Å². The number of hydrogen-bond acceptors (Lipinski definition) is 7. The normalized spacial score (nSPS) is 14.3. The number of aromatic carboxylic acids is 1. The van der Waals surface area contributed by atoms with E-state index in [4.69, 9.17) is 9.90 Å². The van der Waals surface area contributed by atoms with Crippen LogP contribution in [0.15, 0.2) is 36.4 Å². The summed E-state index contributed by atoms with van der Waals surface area (Å²) in [6.07, 6.45) is -5.08. The summed E-state index contributed by atoms with van der Waals surface area (Å²) in [7, 11) is 0. The Morgan fingerprint density at radius 3 is 1.82 bits per heavy atom. The maximum Gasteiger partial charge on any atom is 0.490 e. The molecule has 0 amide bonds. The Hall–Kier alpha value is -4.19. The minimum absolute atomic E-state index is 0.0240. The third kappa shape index (κ3) is 6.75. The van der Waals surface area contributed by atoms with Crippen LogP contribution in [-0.4, -0.2) is 78.0 Å². The van der Waals surface area contributed by atoms with Crippen LogP contribution in [0.25, 0.3) is 33.3 Å². The van der Waals surface area contributed by atoms with Crippen LogP contribution in [-0.2, 0) is 10.7 Å². The third-order valence-electron chi connectivity index (χ3n) is 6.74. The number of rotatable bonds is 5. The van der Waals surface area contributed by atoms with E-state index in [1.165, 1.54) is 17.0 Å². The van der Waals surface area contributed by atoms with Gasteiger partial charge in [0, 0.05) is 30.2 Å². The maximum absolute atomic E-state index is 15.3. The van der Waals surface area contributed by atoms with Crippen molar-refractivity contribution in [1.82, 2.24) is 14.9 Å². The lowest BCUT2D eigenvalue weighted by atomic mass is 9.95. The molecule has 1 aromatic heterocycles. The highest BCUT2D eigenvalue weighted by atomic mass is 32.2. The van der Waals surface area contributed by atoms with E-state index in [-0.39, 0.29) is 22.2 Å². The lowest BCUT2D eigenvalue weighted by molar-refractivity contribution is -0.273. The quantitative estimate of drug-likeness (QED) is 0.110. The fourth-order valence-electron chi connectivity index (χ4n) is 4.60. The van der Waals surface area contributed by atoms with Crippen LogP contribution >= 0.6 is 11.8 Å². The molecule has 1 aliphatic heterocycles. The van der Waals surface area contributed by atoms with Crippen LogP contribution in [0, 0.1) is 30.2 Å². The van der Waals surface area contributed by atoms with Crippen molar-refractivity contribution in [1.29, 1.82) is 0 Å². The van der Waals surface area contributed by atoms with Crippen molar-refractivity contribution in [3.63, 3.8) is 0 Å². The summed E-state index contributed by atoms with van der Waals surface area (Å²) >= 11 is 1.67. The standard InChI is InChI=1S/C26H21F4N3O4S.C2HF3O2/c1-12-31-17-11-14(10-16(25(34)35)24(17)32-12)19-22(29)20(27)18(21(28)23(19)30)13-2-4-15(5-3-13)26(36,37)33-6-8-38-9-7-33;3-2(4,5)1(6)7/h2-5,10-11,36-37H,6-9H2,1H3,(H,31,32)(H,34,35);(H,6,7). The molecule has 0 spiro atoms. The van der Waals surface area contributed by atoms with Gasteiger partial charge >= 0.3 is 18.1 Å². The number of imidazole rings is 1. The van der Waals surface area contributed by atoms with Gasteiger partial charge in [-0.25, -0.2) is 37.0 Å². The van der Waals surface area contributed by atoms with Gasteiger partial charge in [-0.15, -0.1) is 0 Å². The van der Waals surface area contributed by atoms with Crippen molar-refractivity contribution in [2.45, 2.75) is 19.0 Å². The molecule has 2 heterocycles. The highest BCUT2D eigenvalue weighted by Gasteiger charge is 2.38. The van der Waals surface area contributed by atoms with Crippen LogP contribution in [0.4, 0.5) is 30.7 Å². The minimum atomic E-state index is -5.08. The molecular weight excluding hydrogens is 639 g/mol. The second-order valence-electron chi connectivity index (χ2n) is 9.67. The van der Waals surface area contributed by atoms with Crippen molar-refractivity contribution in [2.75, 3.05) is 24.6 Å². The number of benzene rings is 3. The van der Waals surface area contributed by atoms with Gasteiger partial charge in [0.2, 0.25) is 0 Å². The van der Waals surface area contributed by atoms with E-state index in [1.54, 1.807) is 18.7 Å². The molecule has 1 aliphatic rings. The predicted octanol–water partition coefficient (Wildman–Crippen LogP) is 5.24. The topological polar surface area (TPSA) is 147 Å². The Bertz CT molecular complexity index is 1740. The average molecular weight is 662 g/mol. The predicted molar refractivity (Wildman–Crippen MR) is 147 cm³/mol. The van der Waals surface area contributed by atoms with Gasteiger partial charge in [0.1, 0.15) is 11.3 Å². The highest BCUT2D eigenvalue weighted by Crippen LogP contribution is 2.39. The third-order valence-corrected chi connectivity index (χ3v) is 7.69. The first-order valence-electron chi connectivity index (χ1n) is 12.7. The SMILES string of the molecule is Cc1nc2c(C(=O)O)cc(-c3c(F)c(F)c(-c4ccc(C(O)(O)N5CCSCC5)cc4)c(F)c3F)cc2[nH]1.O=C(O)C(F)(F)F. The van der Waals surface area contributed by atoms with E-state index in [0.717, 1.165) is 24.3 Å². The number of nitrogens with one attached hydrogen (secondary N) is 1. The van der Waals surface area contributed by atoms with Gasteiger partial charge in [-0.05, 0) is 30.2 Å². The van der Waals surface area contributed by atoms with Crippen molar-refractivity contribution in [2.24, 2.45) is 0 Å². The summed E-state index contributed by atoms with van der Waals surface area (Å²) in [5.74, 6) is -11.6. The molecule has 1 saturated heterocycles. The molecule has 0 bridgehead atoms. The number of aliphatic carboxylic acids is 1. The Labute approximate surface area is 252 Å². The molecular formula is C28H22F7N3O6S. The van der Waals surface area contributed by atoms with Gasteiger partial charge in [0.05, 0.1) is 22.2 Å². The molecule has 45 heavy (non-hydrogen) atoms. The first-order valence-corrected chi connectivity index (χ1v) is 13.9. The molecule has 0 aliphatic carbocycles. The van der Waals surface area contributed by atoms with Crippen molar-refractivity contribution < 1.29 is 60.7 Å². The molecule has 0 unspecified atom stereocenters. The molecule has 1 fully saturated rings. The largest absolute Gasteiger partial charge is 0.490 e. The van der Waals surface area contributed by atoms with Gasteiger partial charge in [-0.3, -0.25) is 0 Å². The smallest absolute Gasteiger partial charge is 0.478 e. The molecule has 240 valence electrons. The van der Waals surface area contributed by atoms with E-state index in [9.17, 15) is 33.3 Å². The Morgan fingerprint density at radius 1 is 0.867 bits per heavy atom. The lowest BCUT2D eigenvalue weighted by Crippen LogP contribution is -2.49. The van der Waals surface area contributed by atoms with E-state index >= 15 is 17.6 Å². The molecule has 5 N–H and O–H groups in total. The van der Waals surface area contributed by atoms with Gasteiger partial charge < -0.3 is 25.4 Å². The second kappa shape index (κ2) is 12.7. The van der Waals surface area contributed by atoms with Crippen molar-refractivity contribution in [3.8, 4) is 22.3 Å². The molecule has 17 heteroatoms. The lowest BCUT2D eigenvalue weighted by Gasteiger charge is -2.37. The Kier molecular flexibility index (Phi) is 9.48. The number of H-pyrrole nitrogens is 1. The summed E-state index contributed by atoms with van der Waals surface area (Å²) in [5, 5.41) is 37.9. The number of aryl methyl sites for hydroxylation is 1. The van der Waals surface area contributed by atoms with Crippen LogP contribution in [0.5, 0.6) is 0 Å². The number of hydrogen-bond donors (Lipinski definition) is 5. The Morgan fingerprint density at radius 2 is 1.36 bits per heavy atom. The van der Waals surface area contributed by atoms with Gasteiger partial charge in [0.25, 0.3) is 5.91 Å².